The van der Waals surface area contributed by atoms with Crippen LogP contribution in [0.5, 0.6) is 11.5 Å². The Morgan fingerprint density at radius 1 is 1.00 bits per heavy atom. The summed E-state index contributed by atoms with van der Waals surface area (Å²) in [5.74, 6) is 0.926. The van der Waals surface area contributed by atoms with Crippen molar-refractivity contribution in [3.63, 3.8) is 0 Å². The summed E-state index contributed by atoms with van der Waals surface area (Å²) >= 11 is 12.3. The number of halogens is 2. The highest BCUT2D eigenvalue weighted by atomic mass is 35.5. The molecule has 0 aliphatic carbocycles. The molecule has 0 radical (unpaired) electrons. The fourth-order valence-corrected chi connectivity index (χ4v) is 2.78. The SMILES string of the molecule is Nc1ncc(OCc2c(Cl)cccc2Cl)cc1-c1ccccc1O. The van der Waals surface area contributed by atoms with Gasteiger partial charge in [-0.1, -0.05) is 47.5 Å². The number of aromatic hydroxyl groups is 1. The molecule has 3 N–H and O–H groups in total. The minimum absolute atomic E-state index is 0.122. The molecule has 0 spiro atoms. The van der Waals surface area contributed by atoms with E-state index in [4.69, 9.17) is 33.7 Å². The molecular formula is C18H14Cl2N2O2. The van der Waals surface area contributed by atoms with Crippen LogP contribution in [0.3, 0.4) is 0 Å². The molecule has 2 aromatic carbocycles. The summed E-state index contributed by atoms with van der Waals surface area (Å²) in [6, 6.07) is 13.9. The first kappa shape index (κ1) is 16.4. The monoisotopic (exact) mass is 360 g/mol. The average Bonchev–Trinajstić information content (AvgIpc) is 2.56. The predicted octanol–water partition coefficient (Wildman–Crippen LogP) is 4.92. The standard InChI is InChI=1S/C18H14Cl2N2O2/c19-15-5-3-6-16(20)14(15)10-24-11-8-13(18(21)22-9-11)12-4-1-2-7-17(12)23/h1-9,23H,10H2,(H2,21,22). The molecule has 3 rings (SSSR count). The van der Waals surface area contributed by atoms with Crippen LogP contribution in [0.15, 0.2) is 54.7 Å². The summed E-state index contributed by atoms with van der Waals surface area (Å²) in [5.41, 5.74) is 7.80. The molecule has 0 atom stereocenters. The van der Waals surface area contributed by atoms with E-state index in [2.05, 4.69) is 4.98 Å². The molecular weight excluding hydrogens is 347 g/mol. The maximum Gasteiger partial charge on any atom is 0.138 e. The Morgan fingerprint density at radius 2 is 1.71 bits per heavy atom. The minimum atomic E-state index is 0.122. The summed E-state index contributed by atoms with van der Waals surface area (Å²) in [6.45, 7) is 0.199. The van der Waals surface area contributed by atoms with Gasteiger partial charge < -0.3 is 15.6 Å². The number of nitrogens with zero attached hydrogens (tertiary/aromatic N) is 1. The maximum absolute atomic E-state index is 10.0. The number of pyridine rings is 1. The third-order valence-electron chi connectivity index (χ3n) is 3.53. The molecule has 0 saturated heterocycles. The molecule has 0 fully saturated rings. The van der Waals surface area contributed by atoms with E-state index in [9.17, 15) is 5.11 Å². The van der Waals surface area contributed by atoms with Gasteiger partial charge in [-0.2, -0.15) is 0 Å². The first-order chi connectivity index (χ1) is 11.6. The van der Waals surface area contributed by atoms with Gasteiger partial charge in [0.2, 0.25) is 0 Å². The van der Waals surface area contributed by atoms with E-state index in [0.29, 0.717) is 38.3 Å². The lowest BCUT2D eigenvalue weighted by atomic mass is 10.1. The van der Waals surface area contributed by atoms with Crippen molar-refractivity contribution in [1.82, 2.24) is 4.98 Å². The lowest BCUT2D eigenvalue weighted by molar-refractivity contribution is 0.305. The highest BCUT2D eigenvalue weighted by molar-refractivity contribution is 6.35. The second-order valence-electron chi connectivity index (χ2n) is 5.11. The van der Waals surface area contributed by atoms with Gasteiger partial charge in [0, 0.05) is 26.7 Å². The Morgan fingerprint density at radius 3 is 2.42 bits per heavy atom. The first-order valence-corrected chi connectivity index (χ1v) is 7.91. The summed E-state index contributed by atoms with van der Waals surface area (Å²) in [6.07, 6.45) is 1.52. The highest BCUT2D eigenvalue weighted by Gasteiger charge is 2.11. The van der Waals surface area contributed by atoms with Gasteiger partial charge >= 0.3 is 0 Å². The van der Waals surface area contributed by atoms with E-state index < -0.39 is 0 Å². The number of nitrogen functional groups attached to an aromatic ring is 1. The van der Waals surface area contributed by atoms with Crippen molar-refractivity contribution in [1.29, 1.82) is 0 Å². The van der Waals surface area contributed by atoms with Crippen LogP contribution in [0.4, 0.5) is 5.82 Å². The molecule has 0 aliphatic rings. The van der Waals surface area contributed by atoms with Crippen LogP contribution in [0.2, 0.25) is 10.0 Å². The molecule has 0 unspecified atom stereocenters. The quantitative estimate of drug-likeness (QED) is 0.692. The summed E-state index contributed by atoms with van der Waals surface area (Å²) in [7, 11) is 0. The van der Waals surface area contributed by atoms with E-state index in [1.165, 1.54) is 6.20 Å². The normalized spacial score (nSPS) is 10.6. The maximum atomic E-state index is 10.0. The summed E-state index contributed by atoms with van der Waals surface area (Å²) in [5, 5.41) is 11.1. The molecule has 1 heterocycles. The van der Waals surface area contributed by atoms with E-state index in [1.807, 2.05) is 6.07 Å². The zero-order chi connectivity index (χ0) is 17.1. The van der Waals surface area contributed by atoms with Crippen molar-refractivity contribution in [3.8, 4) is 22.6 Å². The number of phenols is 1. The molecule has 1 aromatic heterocycles. The number of benzene rings is 2. The molecule has 0 amide bonds. The van der Waals surface area contributed by atoms with Crippen molar-refractivity contribution in [2.45, 2.75) is 6.61 Å². The third kappa shape index (κ3) is 3.40. The number of aromatic nitrogens is 1. The van der Waals surface area contributed by atoms with Crippen molar-refractivity contribution in [3.05, 3.63) is 70.3 Å². The van der Waals surface area contributed by atoms with Gasteiger partial charge in [-0.15, -0.1) is 0 Å². The van der Waals surface area contributed by atoms with Gasteiger partial charge in [0.05, 0.1) is 6.20 Å². The first-order valence-electron chi connectivity index (χ1n) is 7.16. The Bertz CT molecular complexity index is 864. The number of nitrogens with two attached hydrogens (primary N) is 1. The zero-order valence-electron chi connectivity index (χ0n) is 12.5. The molecule has 4 nitrogen and oxygen atoms in total. The number of rotatable bonds is 4. The van der Waals surface area contributed by atoms with Gasteiger partial charge in [0.25, 0.3) is 0 Å². The van der Waals surface area contributed by atoms with Gasteiger partial charge in [-0.05, 0) is 24.3 Å². The number of ether oxygens (including phenoxy) is 1. The largest absolute Gasteiger partial charge is 0.507 e. The molecule has 0 saturated carbocycles. The van der Waals surface area contributed by atoms with Crippen molar-refractivity contribution in [2.75, 3.05) is 5.73 Å². The fraction of sp³-hybridized carbons (Fsp3) is 0.0556. The van der Waals surface area contributed by atoms with Crippen LogP contribution in [-0.2, 0) is 6.61 Å². The molecule has 0 bridgehead atoms. The van der Waals surface area contributed by atoms with Crippen LogP contribution in [-0.4, -0.2) is 10.1 Å². The Hall–Kier alpha value is -2.43. The van der Waals surface area contributed by atoms with Crippen LogP contribution in [0, 0.1) is 0 Å². The summed E-state index contributed by atoms with van der Waals surface area (Å²) < 4.78 is 5.74. The average molecular weight is 361 g/mol. The second-order valence-corrected chi connectivity index (χ2v) is 5.92. The molecule has 6 heteroatoms. The third-order valence-corrected chi connectivity index (χ3v) is 4.24. The number of para-hydroxylation sites is 1. The van der Waals surface area contributed by atoms with Gasteiger partial charge in [0.15, 0.2) is 0 Å². The van der Waals surface area contributed by atoms with E-state index >= 15 is 0 Å². The van der Waals surface area contributed by atoms with Crippen molar-refractivity contribution >= 4 is 29.0 Å². The van der Waals surface area contributed by atoms with Crippen LogP contribution in [0.25, 0.3) is 11.1 Å². The zero-order valence-corrected chi connectivity index (χ0v) is 14.1. The lowest BCUT2D eigenvalue weighted by Crippen LogP contribution is -2.00. The Kier molecular flexibility index (Phi) is 4.79. The van der Waals surface area contributed by atoms with Crippen LogP contribution < -0.4 is 10.5 Å². The van der Waals surface area contributed by atoms with Crippen molar-refractivity contribution < 1.29 is 9.84 Å². The number of hydrogen-bond donors (Lipinski definition) is 2. The number of phenolic OH excluding ortho intramolecular Hbond substituents is 1. The topological polar surface area (TPSA) is 68.4 Å². The van der Waals surface area contributed by atoms with E-state index in [0.717, 1.165) is 0 Å². The van der Waals surface area contributed by atoms with E-state index in [1.54, 1.807) is 42.5 Å². The Labute approximate surface area is 149 Å². The minimum Gasteiger partial charge on any atom is -0.507 e. The smallest absolute Gasteiger partial charge is 0.138 e. The van der Waals surface area contributed by atoms with Crippen LogP contribution >= 0.6 is 23.2 Å². The lowest BCUT2D eigenvalue weighted by Gasteiger charge is -2.12. The molecule has 0 aliphatic heterocycles. The van der Waals surface area contributed by atoms with Crippen LogP contribution in [0.1, 0.15) is 5.56 Å². The molecule has 122 valence electrons. The highest BCUT2D eigenvalue weighted by Crippen LogP contribution is 2.34. The van der Waals surface area contributed by atoms with Gasteiger partial charge in [0.1, 0.15) is 23.9 Å². The number of hydrogen-bond acceptors (Lipinski definition) is 4. The van der Waals surface area contributed by atoms with Crippen molar-refractivity contribution in [2.24, 2.45) is 0 Å². The summed E-state index contributed by atoms with van der Waals surface area (Å²) in [4.78, 5) is 4.13. The number of anilines is 1. The molecule has 24 heavy (non-hydrogen) atoms. The fourth-order valence-electron chi connectivity index (χ4n) is 2.28. The van der Waals surface area contributed by atoms with Gasteiger partial charge in [-0.3, -0.25) is 0 Å². The molecule has 3 aromatic rings. The predicted molar refractivity (Wildman–Crippen MR) is 96.5 cm³/mol. The Balaban J connectivity index is 1.88. The van der Waals surface area contributed by atoms with E-state index in [-0.39, 0.29) is 12.4 Å². The second kappa shape index (κ2) is 6.99. The van der Waals surface area contributed by atoms with Gasteiger partial charge in [-0.25, -0.2) is 4.98 Å².